The monoisotopic (exact) mass is 505 g/mol. The van der Waals surface area contributed by atoms with Crippen LogP contribution in [0.4, 0.5) is 5.69 Å². The highest BCUT2D eigenvalue weighted by Crippen LogP contribution is 2.55. The van der Waals surface area contributed by atoms with Crippen LogP contribution >= 0.6 is 0 Å². The third-order valence-corrected chi connectivity index (χ3v) is 9.27. The molecule has 2 aromatic carbocycles. The van der Waals surface area contributed by atoms with Crippen molar-refractivity contribution in [2.75, 3.05) is 57.5 Å². The predicted octanol–water partition coefficient (Wildman–Crippen LogP) is 3.70. The fraction of sp³-hybridized carbons (Fsp3) is 0.438. The van der Waals surface area contributed by atoms with E-state index in [2.05, 4.69) is 39.8 Å². The zero-order chi connectivity index (χ0) is 25.9. The molecule has 1 spiro atoms. The number of nitriles is 1. The van der Waals surface area contributed by atoms with Crippen molar-refractivity contribution in [1.82, 2.24) is 4.90 Å². The molecule has 3 saturated heterocycles. The van der Waals surface area contributed by atoms with Crippen molar-refractivity contribution in [2.24, 2.45) is 0 Å². The quantitative estimate of drug-likeness (QED) is 0.580. The van der Waals surface area contributed by atoms with Gasteiger partial charge >= 0.3 is 0 Å². The van der Waals surface area contributed by atoms with E-state index >= 15 is 0 Å². The Bertz CT molecular complexity index is 1470. The molecule has 38 heavy (non-hydrogen) atoms. The first-order valence-corrected chi connectivity index (χ1v) is 13.7. The Morgan fingerprint density at radius 1 is 1.00 bits per heavy atom. The predicted molar refractivity (Wildman–Crippen MR) is 145 cm³/mol. The summed E-state index contributed by atoms with van der Waals surface area (Å²) in [4.78, 5) is 19.2. The Morgan fingerprint density at radius 2 is 1.79 bits per heavy atom. The van der Waals surface area contributed by atoms with Crippen LogP contribution in [0.1, 0.15) is 57.9 Å². The molecule has 6 nitrogen and oxygen atoms in total. The van der Waals surface area contributed by atoms with Gasteiger partial charge in [0.05, 0.1) is 36.6 Å². The number of nitrogens with zero attached hydrogens (tertiary/aromatic N) is 3. The number of ether oxygens (including phenoxy) is 2. The van der Waals surface area contributed by atoms with E-state index in [0.29, 0.717) is 24.8 Å². The number of hydrogen-bond donors (Lipinski definition) is 0. The van der Waals surface area contributed by atoms with Gasteiger partial charge in [-0.2, -0.15) is 5.26 Å². The van der Waals surface area contributed by atoms with Crippen molar-refractivity contribution >= 4 is 17.0 Å². The molecular weight excluding hydrogens is 474 g/mol. The zero-order valence-corrected chi connectivity index (χ0v) is 21.8. The number of benzene rings is 2. The molecule has 0 atom stereocenters. The van der Waals surface area contributed by atoms with Crippen LogP contribution in [0.2, 0.25) is 0 Å². The number of carbonyl (C=O) groups is 1. The van der Waals surface area contributed by atoms with Crippen LogP contribution in [-0.4, -0.2) is 69.3 Å². The van der Waals surface area contributed by atoms with Gasteiger partial charge in [-0.25, -0.2) is 0 Å². The molecule has 0 amide bonds. The maximum Gasteiger partial charge on any atom is 0.193 e. The maximum atomic E-state index is 14.2. The van der Waals surface area contributed by atoms with Crippen LogP contribution in [0.5, 0.6) is 0 Å². The van der Waals surface area contributed by atoms with Gasteiger partial charge in [0.1, 0.15) is 0 Å². The lowest BCUT2D eigenvalue weighted by atomic mass is 9.62. The van der Waals surface area contributed by atoms with Crippen molar-refractivity contribution in [2.45, 2.75) is 37.6 Å². The first-order valence-electron chi connectivity index (χ1n) is 13.7. The molecule has 0 aromatic heterocycles. The minimum atomic E-state index is -0.235. The van der Waals surface area contributed by atoms with Crippen molar-refractivity contribution < 1.29 is 14.3 Å². The fourth-order valence-corrected chi connectivity index (χ4v) is 7.18. The molecule has 0 N–H and O–H groups in total. The number of carbonyl (C=O) groups excluding carboxylic acids is 1. The first kappa shape index (κ1) is 23.7. The standard InChI is InChI=1S/C32H31N3O3/c1-2-3-22-15-26-27(17-29(22)35-10-8-34(9-11-35)24-19-38-20-24)32(6-12-37-13-7-32)28-16-23-14-21(18-33)4-5-25(23)30(28)31(26)36/h4-5,14-15,17,24H,6-13,16,19-20H2,1H3. The van der Waals surface area contributed by atoms with E-state index < -0.39 is 0 Å². The van der Waals surface area contributed by atoms with Gasteiger partial charge in [-0.05, 0) is 72.7 Å². The summed E-state index contributed by atoms with van der Waals surface area (Å²) < 4.78 is 11.3. The minimum absolute atomic E-state index is 0.0936. The average Bonchev–Trinajstić information content (AvgIpc) is 3.32. The van der Waals surface area contributed by atoms with Crippen molar-refractivity contribution in [3.05, 3.63) is 69.3 Å². The number of rotatable bonds is 2. The van der Waals surface area contributed by atoms with Gasteiger partial charge < -0.3 is 14.4 Å². The van der Waals surface area contributed by atoms with Crippen molar-refractivity contribution in [3.8, 4) is 17.9 Å². The van der Waals surface area contributed by atoms with Crippen LogP contribution in [0, 0.1) is 23.2 Å². The van der Waals surface area contributed by atoms with Crippen molar-refractivity contribution in [1.29, 1.82) is 5.26 Å². The molecule has 0 radical (unpaired) electrons. The van der Waals surface area contributed by atoms with E-state index in [9.17, 15) is 10.1 Å². The summed E-state index contributed by atoms with van der Waals surface area (Å²) in [5.41, 5.74) is 8.56. The molecule has 5 aliphatic rings. The Morgan fingerprint density at radius 3 is 2.47 bits per heavy atom. The summed E-state index contributed by atoms with van der Waals surface area (Å²) in [6, 6.07) is 13.0. The third-order valence-electron chi connectivity index (χ3n) is 9.27. The summed E-state index contributed by atoms with van der Waals surface area (Å²) in [5, 5.41) is 9.49. The highest BCUT2D eigenvalue weighted by molar-refractivity contribution is 6.33. The second-order valence-electron chi connectivity index (χ2n) is 11.0. The highest BCUT2D eigenvalue weighted by Gasteiger charge is 2.49. The van der Waals surface area contributed by atoms with Crippen LogP contribution in [0.15, 0.2) is 35.9 Å². The van der Waals surface area contributed by atoms with Gasteiger partial charge in [0.2, 0.25) is 0 Å². The molecule has 6 heteroatoms. The lowest BCUT2D eigenvalue weighted by Gasteiger charge is -2.45. The van der Waals surface area contributed by atoms with Gasteiger partial charge in [-0.15, -0.1) is 5.92 Å². The number of anilines is 1. The van der Waals surface area contributed by atoms with Gasteiger partial charge in [0.25, 0.3) is 0 Å². The highest BCUT2D eigenvalue weighted by atomic mass is 16.5. The number of fused-ring (bicyclic) bond motifs is 5. The Hall–Kier alpha value is -3.42. The molecule has 0 saturated carbocycles. The molecule has 3 fully saturated rings. The van der Waals surface area contributed by atoms with Gasteiger partial charge in [-0.1, -0.05) is 12.0 Å². The average molecular weight is 506 g/mol. The number of allylic oxidation sites excluding steroid dienone is 2. The third kappa shape index (κ3) is 3.48. The number of Topliss-reactive ketones (excluding diaryl/α,β-unsaturated/α-hetero) is 1. The number of hydrogen-bond acceptors (Lipinski definition) is 6. The Kier molecular flexibility index (Phi) is 5.67. The summed E-state index contributed by atoms with van der Waals surface area (Å²) >= 11 is 0. The molecule has 0 bridgehead atoms. The van der Waals surface area contributed by atoms with E-state index in [1.165, 1.54) is 5.57 Å². The molecule has 3 heterocycles. The summed E-state index contributed by atoms with van der Waals surface area (Å²) in [6.45, 7) is 8.79. The van der Waals surface area contributed by atoms with E-state index in [-0.39, 0.29) is 11.2 Å². The lowest BCUT2D eigenvalue weighted by Crippen LogP contribution is -2.56. The molecule has 2 aromatic rings. The van der Waals surface area contributed by atoms with Gasteiger partial charge in [0, 0.05) is 61.5 Å². The number of ketones is 1. The SMILES string of the molecule is CC#Cc1cc2c(cc1N1CCN(C3COC3)CC1)C1(CCOCC1)C1=C(C2=O)c2ccc(C#N)cc2C1. The van der Waals surface area contributed by atoms with Crippen LogP contribution in [-0.2, 0) is 21.3 Å². The topological polar surface area (TPSA) is 65.8 Å². The molecule has 3 aliphatic heterocycles. The summed E-state index contributed by atoms with van der Waals surface area (Å²) in [5.74, 6) is 6.52. The summed E-state index contributed by atoms with van der Waals surface area (Å²) in [6.07, 6.45) is 2.44. The van der Waals surface area contributed by atoms with Gasteiger partial charge in [0.15, 0.2) is 5.78 Å². The first-order chi connectivity index (χ1) is 18.6. The molecule has 2 aliphatic carbocycles. The molecule has 0 unspecified atom stereocenters. The maximum absolute atomic E-state index is 14.2. The smallest absolute Gasteiger partial charge is 0.193 e. The van der Waals surface area contributed by atoms with E-state index in [4.69, 9.17) is 9.47 Å². The number of piperazine rings is 1. The van der Waals surface area contributed by atoms with Gasteiger partial charge in [-0.3, -0.25) is 9.69 Å². The van der Waals surface area contributed by atoms with E-state index in [0.717, 1.165) is 97.7 Å². The largest absolute Gasteiger partial charge is 0.381 e. The molecule has 192 valence electrons. The van der Waals surface area contributed by atoms with Crippen LogP contribution < -0.4 is 4.90 Å². The normalized spacial score (nSPS) is 22.2. The Balaban J connectivity index is 1.34. The lowest BCUT2D eigenvalue weighted by molar-refractivity contribution is -0.0660. The fourth-order valence-electron chi connectivity index (χ4n) is 7.18. The van der Waals surface area contributed by atoms with E-state index in [1.54, 1.807) is 0 Å². The van der Waals surface area contributed by atoms with E-state index in [1.807, 2.05) is 25.1 Å². The molecule has 7 rings (SSSR count). The van der Waals surface area contributed by atoms with Crippen LogP contribution in [0.3, 0.4) is 0 Å². The minimum Gasteiger partial charge on any atom is -0.381 e. The van der Waals surface area contributed by atoms with Crippen molar-refractivity contribution in [3.63, 3.8) is 0 Å². The van der Waals surface area contributed by atoms with Crippen LogP contribution in [0.25, 0.3) is 5.57 Å². The second-order valence-corrected chi connectivity index (χ2v) is 11.0. The Labute approximate surface area is 223 Å². The molecular formula is C32H31N3O3. The zero-order valence-electron chi connectivity index (χ0n) is 21.8. The summed E-state index contributed by atoms with van der Waals surface area (Å²) in [7, 11) is 0. The second kappa shape index (κ2) is 9.10.